The number of nitrogens with one attached hydrogen (secondary N) is 1. The third kappa shape index (κ3) is 4.41. The molecule has 3 N–H and O–H groups in total. The van der Waals surface area contributed by atoms with E-state index in [4.69, 9.17) is 5.73 Å². The fourth-order valence-corrected chi connectivity index (χ4v) is 3.56. The van der Waals surface area contributed by atoms with E-state index >= 15 is 0 Å². The monoisotopic (exact) mass is 353 g/mol. The van der Waals surface area contributed by atoms with E-state index in [2.05, 4.69) is 4.98 Å². The lowest BCUT2D eigenvalue weighted by molar-refractivity contribution is 0.0760. The number of aromatic nitrogens is 1. The molecule has 1 aliphatic carbocycles. The first kappa shape index (κ1) is 18.4. The maximum atomic E-state index is 13.0. The van der Waals surface area contributed by atoms with Crippen LogP contribution in [-0.2, 0) is 19.3 Å². The average Bonchev–Trinajstić information content (AvgIpc) is 2.89. The van der Waals surface area contributed by atoms with E-state index in [-0.39, 0.29) is 17.0 Å². The largest absolute Gasteiger partial charge is 0.337 e. The Bertz CT molecular complexity index is 799. The molecule has 5 heteroatoms. The zero-order valence-corrected chi connectivity index (χ0v) is 15.2. The summed E-state index contributed by atoms with van der Waals surface area (Å²) in [4.78, 5) is 30.1. The van der Waals surface area contributed by atoms with E-state index in [1.807, 2.05) is 36.4 Å². The number of carbonyl (C=O) groups is 1. The number of hydrogen-bond acceptors (Lipinski definition) is 3. The van der Waals surface area contributed by atoms with E-state index in [0.717, 1.165) is 55.3 Å². The predicted molar refractivity (Wildman–Crippen MR) is 103 cm³/mol. The van der Waals surface area contributed by atoms with Gasteiger partial charge >= 0.3 is 0 Å². The number of pyridine rings is 1. The second-order valence-electron chi connectivity index (χ2n) is 6.89. The normalized spacial score (nSPS) is 13.7. The van der Waals surface area contributed by atoms with Crippen molar-refractivity contribution >= 4 is 5.91 Å². The number of carbonyl (C=O) groups excluding carboxylic acids is 1. The van der Waals surface area contributed by atoms with Crippen molar-refractivity contribution in [1.82, 2.24) is 9.88 Å². The number of hydrogen-bond donors (Lipinski definition) is 2. The summed E-state index contributed by atoms with van der Waals surface area (Å²) in [6.07, 6.45) is 5.92. The van der Waals surface area contributed by atoms with Crippen LogP contribution in [-0.4, -0.2) is 35.4 Å². The van der Waals surface area contributed by atoms with Gasteiger partial charge in [-0.2, -0.15) is 0 Å². The zero-order chi connectivity index (χ0) is 18.4. The SMILES string of the molecule is NCCN(CCc1ccccc1)C(=O)c1cc2c([nH]c1=O)CCCCC2. The van der Waals surface area contributed by atoms with Crippen LogP contribution < -0.4 is 11.3 Å². The van der Waals surface area contributed by atoms with Crippen molar-refractivity contribution in [3.05, 3.63) is 69.1 Å². The van der Waals surface area contributed by atoms with Crippen LogP contribution in [0.15, 0.2) is 41.2 Å². The number of rotatable bonds is 6. The Morgan fingerprint density at radius 3 is 2.62 bits per heavy atom. The summed E-state index contributed by atoms with van der Waals surface area (Å²) in [5.41, 5.74) is 8.94. The van der Waals surface area contributed by atoms with Gasteiger partial charge in [-0.25, -0.2) is 0 Å². The summed E-state index contributed by atoms with van der Waals surface area (Å²) >= 11 is 0. The van der Waals surface area contributed by atoms with Crippen LogP contribution in [0.5, 0.6) is 0 Å². The smallest absolute Gasteiger partial charge is 0.261 e. The molecule has 0 radical (unpaired) electrons. The Balaban J connectivity index is 1.80. The number of nitrogens with two attached hydrogens (primary N) is 1. The zero-order valence-electron chi connectivity index (χ0n) is 15.2. The maximum Gasteiger partial charge on any atom is 0.261 e. The van der Waals surface area contributed by atoms with Crippen molar-refractivity contribution in [1.29, 1.82) is 0 Å². The summed E-state index contributed by atoms with van der Waals surface area (Å²) < 4.78 is 0. The van der Waals surface area contributed by atoms with E-state index in [1.54, 1.807) is 4.90 Å². The average molecular weight is 353 g/mol. The molecule has 1 heterocycles. The summed E-state index contributed by atoms with van der Waals surface area (Å²) in [6, 6.07) is 11.8. The molecular weight excluding hydrogens is 326 g/mol. The quantitative estimate of drug-likeness (QED) is 0.782. The lowest BCUT2D eigenvalue weighted by Gasteiger charge is -2.22. The molecule has 0 saturated carbocycles. The van der Waals surface area contributed by atoms with Crippen LogP contribution in [0.25, 0.3) is 0 Å². The molecule has 1 amide bonds. The molecule has 0 fully saturated rings. The van der Waals surface area contributed by atoms with E-state index in [0.29, 0.717) is 19.6 Å². The number of amides is 1. The summed E-state index contributed by atoms with van der Waals surface area (Å²) in [7, 11) is 0. The van der Waals surface area contributed by atoms with Crippen molar-refractivity contribution in [2.75, 3.05) is 19.6 Å². The van der Waals surface area contributed by atoms with E-state index in [9.17, 15) is 9.59 Å². The first-order valence-corrected chi connectivity index (χ1v) is 9.47. The van der Waals surface area contributed by atoms with Gasteiger partial charge in [-0.05, 0) is 49.3 Å². The molecule has 26 heavy (non-hydrogen) atoms. The van der Waals surface area contributed by atoms with Crippen LogP contribution in [0.4, 0.5) is 0 Å². The highest BCUT2D eigenvalue weighted by Crippen LogP contribution is 2.19. The number of aromatic amines is 1. The van der Waals surface area contributed by atoms with Crippen molar-refractivity contribution in [2.24, 2.45) is 5.73 Å². The third-order valence-electron chi connectivity index (χ3n) is 5.02. The summed E-state index contributed by atoms with van der Waals surface area (Å²) in [5.74, 6) is -0.223. The van der Waals surface area contributed by atoms with Crippen LogP contribution in [0, 0.1) is 0 Å². The van der Waals surface area contributed by atoms with Gasteiger partial charge in [0.15, 0.2) is 0 Å². The molecule has 1 aromatic heterocycles. The molecule has 0 unspecified atom stereocenters. The van der Waals surface area contributed by atoms with Gasteiger partial charge in [-0.15, -0.1) is 0 Å². The lowest BCUT2D eigenvalue weighted by atomic mass is 10.1. The number of fused-ring (bicyclic) bond motifs is 1. The van der Waals surface area contributed by atoms with Crippen molar-refractivity contribution in [3.63, 3.8) is 0 Å². The molecule has 0 atom stereocenters. The van der Waals surface area contributed by atoms with Gasteiger partial charge in [0.2, 0.25) is 0 Å². The van der Waals surface area contributed by atoms with Crippen LogP contribution >= 0.6 is 0 Å². The highest BCUT2D eigenvalue weighted by Gasteiger charge is 2.21. The minimum absolute atomic E-state index is 0.223. The molecule has 138 valence electrons. The van der Waals surface area contributed by atoms with Gasteiger partial charge < -0.3 is 15.6 Å². The molecule has 2 aromatic rings. The molecule has 3 rings (SSSR count). The van der Waals surface area contributed by atoms with Gasteiger partial charge in [0.05, 0.1) is 0 Å². The first-order chi connectivity index (χ1) is 12.7. The topological polar surface area (TPSA) is 79.2 Å². The highest BCUT2D eigenvalue weighted by molar-refractivity contribution is 5.94. The summed E-state index contributed by atoms with van der Waals surface area (Å²) in [5, 5.41) is 0. The molecule has 0 aliphatic heterocycles. The van der Waals surface area contributed by atoms with Gasteiger partial charge in [0, 0.05) is 25.3 Å². The number of benzene rings is 1. The maximum absolute atomic E-state index is 13.0. The van der Waals surface area contributed by atoms with Gasteiger partial charge in [-0.3, -0.25) is 9.59 Å². The van der Waals surface area contributed by atoms with Crippen LogP contribution in [0.3, 0.4) is 0 Å². The molecule has 0 spiro atoms. The molecule has 5 nitrogen and oxygen atoms in total. The number of nitrogens with zero attached hydrogens (tertiary/aromatic N) is 1. The van der Waals surface area contributed by atoms with Crippen LogP contribution in [0.2, 0.25) is 0 Å². The number of H-pyrrole nitrogens is 1. The number of aryl methyl sites for hydroxylation is 2. The van der Waals surface area contributed by atoms with Crippen molar-refractivity contribution in [2.45, 2.75) is 38.5 Å². The molecule has 1 aliphatic rings. The van der Waals surface area contributed by atoms with Crippen LogP contribution in [0.1, 0.15) is 46.4 Å². The second-order valence-corrected chi connectivity index (χ2v) is 6.89. The molecule has 1 aromatic carbocycles. The summed E-state index contributed by atoms with van der Waals surface area (Å²) in [6.45, 7) is 1.38. The van der Waals surface area contributed by atoms with E-state index in [1.165, 1.54) is 0 Å². The van der Waals surface area contributed by atoms with E-state index < -0.39 is 0 Å². The first-order valence-electron chi connectivity index (χ1n) is 9.47. The van der Waals surface area contributed by atoms with Gasteiger partial charge in [0.1, 0.15) is 5.56 Å². The fourth-order valence-electron chi connectivity index (χ4n) is 3.56. The second kappa shape index (κ2) is 8.81. The minimum Gasteiger partial charge on any atom is -0.337 e. The van der Waals surface area contributed by atoms with Crippen molar-refractivity contribution in [3.8, 4) is 0 Å². The predicted octanol–water partition coefficient (Wildman–Crippen LogP) is 2.29. The Hall–Kier alpha value is -2.40. The Morgan fingerprint density at radius 2 is 1.85 bits per heavy atom. The lowest BCUT2D eigenvalue weighted by Crippen LogP contribution is -2.39. The standard InChI is InChI=1S/C21H27N3O2/c22-12-14-24(13-11-16-7-3-1-4-8-16)21(26)18-15-17-9-5-2-6-10-19(17)23-20(18)25/h1,3-4,7-8,15H,2,5-6,9-14,22H2,(H,23,25). The third-order valence-corrected chi connectivity index (χ3v) is 5.02. The minimum atomic E-state index is -0.280. The Labute approximate surface area is 154 Å². The Kier molecular flexibility index (Phi) is 6.23. The molecular formula is C21H27N3O2. The molecule has 0 bridgehead atoms. The van der Waals surface area contributed by atoms with Crippen molar-refractivity contribution < 1.29 is 4.79 Å². The van der Waals surface area contributed by atoms with Gasteiger partial charge in [-0.1, -0.05) is 36.8 Å². The molecule has 0 saturated heterocycles. The highest BCUT2D eigenvalue weighted by atomic mass is 16.2. The van der Waals surface area contributed by atoms with Gasteiger partial charge in [0.25, 0.3) is 11.5 Å². The fraction of sp³-hybridized carbons (Fsp3) is 0.429. The Morgan fingerprint density at radius 1 is 1.08 bits per heavy atom.